The van der Waals surface area contributed by atoms with Gasteiger partial charge in [0.05, 0.1) is 42.7 Å². The van der Waals surface area contributed by atoms with E-state index in [9.17, 15) is 19.5 Å². The van der Waals surface area contributed by atoms with E-state index < -0.39 is 63.8 Å². The van der Waals surface area contributed by atoms with E-state index >= 15 is 0 Å². The number of esters is 1. The van der Waals surface area contributed by atoms with Crippen LogP contribution in [-0.4, -0.2) is 58.9 Å². The quantitative estimate of drug-likeness (QED) is 0.507. The number of carbonyl (C=O) groups excluding carboxylic acids is 2. The third-order valence-electron chi connectivity index (χ3n) is 10.7. The normalized spacial score (nSPS) is 52.7. The lowest BCUT2D eigenvalue weighted by atomic mass is 9.37. The van der Waals surface area contributed by atoms with Gasteiger partial charge in [-0.2, -0.15) is 0 Å². The van der Waals surface area contributed by atoms with Crippen molar-refractivity contribution in [1.82, 2.24) is 0 Å². The molecule has 10 atom stereocenters. The highest BCUT2D eigenvalue weighted by Crippen LogP contribution is 2.80. The van der Waals surface area contributed by atoms with Crippen molar-refractivity contribution in [2.75, 3.05) is 6.61 Å². The zero-order valence-electron chi connectivity index (χ0n) is 20.2. The zero-order chi connectivity index (χ0) is 24.8. The van der Waals surface area contributed by atoms with Crippen LogP contribution in [0.15, 0.2) is 23.0 Å². The van der Waals surface area contributed by atoms with Gasteiger partial charge in [0.2, 0.25) is 0 Å². The number of fused-ring (bicyclic) bond motifs is 1. The zero-order valence-corrected chi connectivity index (χ0v) is 20.2. The number of hydrogen-bond donors (Lipinski definition) is 1. The molecular formula is C26H30O9. The molecule has 1 aromatic heterocycles. The Morgan fingerprint density at radius 3 is 2.60 bits per heavy atom. The number of carboxylic acids is 1. The lowest BCUT2D eigenvalue weighted by Crippen LogP contribution is -2.73. The molecule has 188 valence electrons. The second kappa shape index (κ2) is 6.18. The molecule has 7 rings (SSSR count). The molecule has 6 aliphatic rings. The van der Waals surface area contributed by atoms with Crippen molar-refractivity contribution in [3.8, 4) is 0 Å². The summed E-state index contributed by atoms with van der Waals surface area (Å²) in [5, 5.41) is 9.75. The van der Waals surface area contributed by atoms with Crippen LogP contribution < -0.4 is 0 Å². The predicted octanol–water partition coefficient (Wildman–Crippen LogP) is 2.67. The van der Waals surface area contributed by atoms with Gasteiger partial charge in [-0.3, -0.25) is 9.59 Å². The van der Waals surface area contributed by atoms with Crippen LogP contribution >= 0.6 is 0 Å². The maximum absolute atomic E-state index is 14.5. The number of aliphatic carboxylic acids is 1. The first-order chi connectivity index (χ1) is 16.4. The molecule has 6 fully saturated rings. The first-order valence-corrected chi connectivity index (χ1v) is 12.4. The van der Waals surface area contributed by atoms with Crippen molar-refractivity contribution in [2.24, 2.45) is 28.1 Å². The Labute approximate surface area is 202 Å². The van der Waals surface area contributed by atoms with Gasteiger partial charge in [0.15, 0.2) is 11.9 Å². The number of carbonyl (C=O) groups is 3. The molecule has 0 radical (unpaired) electrons. The molecule has 2 aliphatic carbocycles. The highest BCUT2D eigenvalue weighted by atomic mass is 16.7. The number of furan rings is 1. The summed E-state index contributed by atoms with van der Waals surface area (Å²) in [7, 11) is 0. The summed E-state index contributed by atoms with van der Waals surface area (Å²) in [6.45, 7) is 8.09. The first kappa shape index (κ1) is 22.0. The van der Waals surface area contributed by atoms with Crippen LogP contribution in [0, 0.1) is 28.1 Å². The molecule has 2 bridgehead atoms. The number of ether oxygens (including phenoxy) is 4. The summed E-state index contributed by atoms with van der Waals surface area (Å²) < 4.78 is 30.2. The minimum atomic E-state index is -1.07. The van der Waals surface area contributed by atoms with E-state index in [0.29, 0.717) is 12.8 Å². The fourth-order valence-corrected chi connectivity index (χ4v) is 9.63. The third-order valence-corrected chi connectivity index (χ3v) is 10.7. The van der Waals surface area contributed by atoms with Crippen molar-refractivity contribution in [1.29, 1.82) is 0 Å². The van der Waals surface area contributed by atoms with E-state index in [1.165, 1.54) is 0 Å². The Morgan fingerprint density at radius 2 is 1.91 bits per heavy atom. The lowest BCUT2D eigenvalue weighted by Gasteiger charge is -2.63. The minimum absolute atomic E-state index is 0.0673. The molecule has 1 aromatic rings. The lowest BCUT2D eigenvalue weighted by molar-refractivity contribution is -0.208. The summed E-state index contributed by atoms with van der Waals surface area (Å²) in [4.78, 5) is 39.5. The van der Waals surface area contributed by atoms with Crippen molar-refractivity contribution in [3.05, 3.63) is 24.2 Å². The van der Waals surface area contributed by atoms with Crippen LogP contribution in [0.1, 0.15) is 58.6 Å². The van der Waals surface area contributed by atoms with Crippen LogP contribution in [0.25, 0.3) is 0 Å². The number of rotatable bonds is 3. The molecule has 2 saturated carbocycles. The smallest absolute Gasteiger partial charge is 0.339 e. The fourth-order valence-electron chi connectivity index (χ4n) is 9.63. The molecule has 4 aliphatic heterocycles. The average molecular weight is 487 g/mol. The number of hydrogen-bond acceptors (Lipinski definition) is 8. The molecule has 0 amide bonds. The SMILES string of the molecule is CC1(C)O[C@@H](CC(=O)O)[C@]23CO[C@H](C(=O)[C@]4(C)C2CC[C@@]2(C)[C@H](c5ccoc5)OC(=O)[C@H]5O[C@]524)[C@@H]13. The Balaban J connectivity index is 1.42. The van der Waals surface area contributed by atoms with E-state index in [2.05, 4.69) is 0 Å². The maximum atomic E-state index is 14.5. The molecule has 4 saturated heterocycles. The van der Waals surface area contributed by atoms with Crippen LogP contribution in [0.4, 0.5) is 0 Å². The average Bonchev–Trinajstić information content (AvgIpc) is 3.09. The Kier molecular flexibility index (Phi) is 3.88. The van der Waals surface area contributed by atoms with Gasteiger partial charge in [-0.05, 0) is 45.6 Å². The molecular weight excluding hydrogens is 456 g/mol. The summed E-state index contributed by atoms with van der Waals surface area (Å²) in [5.74, 6) is -2.00. The van der Waals surface area contributed by atoms with Crippen molar-refractivity contribution in [3.63, 3.8) is 0 Å². The molecule has 5 heterocycles. The number of ketones is 1. The van der Waals surface area contributed by atoms with Gasteiger partial charge < -0.3 is 28.5 Å². The van der Waals surface area contributed by atoms with Crippen molar-refractivity contribution >= 4 is 17.7 Å². The number of cyclic esters (lactones) is 1. The molecule has 1 unspecified atom stereocenters. The summed E-state index contributed by atoms with van der Waals surface area (Å²) in [5.41, 5.74) is -3.44. The number of epoxide rings is 1. The van der Waals surface area contributed by atoms with Crippen LogP contribution in [0.3, 0.4) is 0 Å². The van der Waals surface area contributed by atoms with Crippen molar-refractivity contribution < 1.29 is 42.9 Å². The Morgan fingerprint density at radius 1 is 1.14 bits per heavy atom. The molecule has 1 N–H and O–H groups in total. The number of carboxylic acid groups (broad SMARTS) is 1. The number of Topliss-reactive ketones (excluding diaryl/α,β-unsaturated/α-hetero) is 1. The molecule has 9 nitrogen and oxygen atoms in total. The third kappa shape index (κ3) is 2.14. The van der Waals surface area contributed by atoms with Gasteiger partial charge in [0.1, 0.15) is 17.8 Å². The fraction of sp³-hybridized carbons (Fsp3) is 0.731. The van der Waals surface area contributed by atoms with Gasteiger partial charge in [0, 0.05) is 22.3 Å². The van der Waals surface area contributed by atoms with Crippen LogP contribution in [0.5, 0.6) is 0 Å². The minimum Gasteiger partial charge on any atom is -0.481 e. The van der Waals surface area contributed by atoms with E-state index in [1.807, 2.05) is 27.7 Å². The molecule has 35 heavy (non-hydrogen) atoms. The van der Waals surface area contributed by atoms with Gasteiger partial charge in [-0.25, -0.2) is 4.79 Å². The summed E-state index contributed by atoms with van der Waals surface area (Å²) in [6.07, 6.45) is 1.46. The second-order valence-electron chi connectivity index (χ2n) is 12.3. The van der Waals surface area contributed by atoms with Crippen LogP contribution in [-0.2, 0) is 33.3 Å². The van der Waals surface area contributed by atoms with E-state index in [4.69, 9.17) is 23.4 Å². The Bertz CT molecular complexity index is 1160. The highest BCUT2D eigenvalue weighted by molar-refractivity contribution is 5.96. The van der Waals surface area contributed by atoms with Gasteiger partial charge in [0.25, 0.3) is 0 Å². The first-order valence-electron chi connectivity index (χ1n) is 12.4. The molecule has 1 spiro atoms. The highest BCUT2D eigenvalue weighted by Gasteiger charge is 2.91. The van der Waals surface area contributed by atoms with Gasteiger partial charge >= 0.3 is 11.9 Å². The standard InChI is InChI=1S/C26H30O9/c1-22(2)17-16-18(29)24(4)13(25(17,11-32-16)14(34-22)9-15(27)28)5-7-23(3)19(12-6-8-31-10-12)33-21(30)20-26(23,24)35-20/h6,8,10,13-14,16-17,19-20H,5,7,9,11H2,1-4H3,(H,27,28)/t13?,14-,16-,17-,19-,20+,23-,24-,25-,26+/m0/s1. The maximum Gasteiger partial charge on any atom is 0.339 e. The van der Waals surface area contributed by atoms with E-state index in [0.717, 1.165) is 5.56 Å². The van der Waals surface area contributed by atoms with Crippen molar-refractivity contribution in [2.45, 2.75) is 82.6 Å². The predicted molar refractivity (Wildman–Crippen MR) is 116 cm³/mol. The largest absolute Gasteiger partial charge is 0.481 e. The Hall–Kier alpha value is -2.23. The van der Waals surface area contributed by atoms with Crippen LogP contribution in [0.2, 0.25) is 0 Å². The van der Waals surface area contributed by atoms with E-state index in [-0.39, 0.29) is 30.6 Å². The molecule has 9 heteroatoms. The van der Waals surface area contributed by atoms with Gasteiger partial charge in [-0.15, -0.1) is 0 Å². The monoisotopic (exact) mass is 486 g/mol. The van der Waals surface area contributed by atoms with E-state index in [1.54, 1.807) is 18.6 Å². The topological polar surface area (TPSA) is 125 Å². The van der Waals surface area contributed by atoms with Gasteiger partial charge in [-0.1, -0.05) is 6.92 Å². The summed E-state index contributed by atoms with van der Waals surface area (Å²) in [6, 6.07) is 1.79. The molecule has 0 aromatic carbocycles. The second-order valence-corrected chi connectivity index (χ2v) is 12.3. The summed E-state index contributed by atoms with van der Waals surface area (Å²) >= 11 is 0.